The maximum atomic E-state index is 12.6. The number of hydrogen-bond donors (Lipinski definition) is 2. The van der Waals surface area contributed by atoms with E-state index >= 15 is 0 Å². The fourth-order valence-electron chi connectivity index (χ4n) is 3.27. The molecule has 2 N–H and O–H groups in total. The van der Waals surface area contributed by atoms with Crippen molar-refractivity contribution in [2.75, 3.05) is 5.32 Å². The van der Waals surface area contributed by atoms with Crippen LogP contribution < -0.4 is 10.6 Å². The molecule has 140 valence electrons. The summed E-state index contributed by atoms with van der Waals surface area (Å²) < 4.78 is 0. The van der Waals surface area contributed by atoms with Crippen LogP contribution in [-0.2, 0) is 11.2 Å². The number of anilines is 1. The number of aromatic nitrogens is 1. The van der Waals surface area contributed by atoms with E-state index in [4.69, 9.17) is 11.6 Å². The zero-order valence-corrected chi connectivity index (χ0v) is 16.0. The van der Waals surface area contributed by atoms with Crippen LogP contribution in [-0.4, -0.2) is 22.8 Å². The van der Waals surface area contributed by atoms with Crippen LogP contribution in [0.25, 0.3) is 11.1 Å². The van der Waals surface area contributed by atoms with Gasteiger partial charge in [0.1, 0.15) is 6.04 Å². The largest absolute Gasteiger partial charge is 0.340 e. The van der Waals surface area contributed by atoms with Crippen molar-refractivity contribution in [3.8, 4) is 11.1 Å². The molecule has 3 aromatic rings. The maximum Gasteiger partial charge on any atom is 0.254 e. The lowest BCUT2D eigenvalue weighted by atomic mass is 10.0. The zero-order chi connectivity index (χ0) is 19.7. The summed E-state index contributed by atoms with van der Waals surface area (Å²) in [7, 11) is 0. The fourth-order valence-corrected chi connectivity index (χ4v) is 3.44. The molecule has 1 atom stereocenters. The molecule has 2 amide bonds. The molecule has 2 aromatic carbocycles. The van der Waals surface area contributed by atoms with Gasteiger partial charge in [0.2, 0.25) is 5.91 Å². The molecular formula is C22H18ClN3O2. The highest BCUT2D eigenvalue weighted by molar-refractivity contribution is 6.31. The Morgan fingerprint density at radius 2 is 1.79 bits per heavy atom. The van der Waals surface area contributed by atoms with Gasteiger partial charge in [-0.05, 0) is 53.9 Å². The second kappa shape index (κ2) is 7.44. The van der Waals surface area contributed by atoms with Crippen LogP contribution in [0.15, 0.2) is 60.8 Å². The molecule has 1 aliphatic heterocycles. The minimum atomic E-state index is -0.660. The third-order valence-electron chi connectivity index (χ3n) is 4.73. The number of carbonyl (C=O) groups excluding carboxylic acids is 2. The van der Waals surface area contributed by atoms with E-state index in [1.807, 2.05) is 43.3 Å². The number of hydrogen-bond acceptors (Lipinski definition) is 3. The van der Waals surface area contributed by atoms with E-state index in [-0.39, 0.29) is 11.8 Å². The Balaban J connectivity index is 1.53. The van der Waals surface area contributed by atoms with Crippen LogP contribution in [0.4, 0.5) is 5.69 Å². The monoisotopic (exact) mass is 391 g/mol. The van der Waals surface area contributed by atoms with Crippen molar-refractivity contribution in [2.24, 2.45) is 0 Å². The Hall–Kier alpha value is -3.18. The molecule has 2 heterocycles. The second-order valence-electron chi connectivity index (χ2n) is 6.79. The number of fused-ring (bicyclic) bond motifs is 1. The van der Waals surface area contributed by atoms with E-state index in [2.05, 4.69) is 15.6 Å². The molecule has 1 aromatic heterocycles. The van der Waals surface area contributed by atoms with E-state index in [0.717, 1.165) is 22.4 Å². The lowest BCUT2D eigenvalue weighted by molar-refractivity contribution is -0.117. The lowest BCUT2D eigenvalue weighted by Crippen LogP contribution is -2.42. The molecule has 0 saturated carbocycles. The SMILES string of the molecule is Cc1cc(-c2ccc(CC3NC(=O)c4cc(Cl)ccc4NC3=O)cc2)ccn1. The summed E-state index contributed by atoms with van der Waals surface area (Å²) in [5.41, 5.74) is 4.92. The van der Waals surface area contributed by atoms with Gasteiger partial charge in [0, 0.05) is 23.3 Å². The number of nitrogens with zero attached hydrogens (tertiary/aromatic N) is 1. The molecule has 0 spiro atoms. The topological polar surface area (TPSA) is 71.1 Å². The first kappa shape index (κ1) is 18.2. The Labute approximate surface area is 167 Å². The van der Waals surface area contributed by atoms with Crippen LogP contribution in [0.2, 0.25) is 5.02 Å². The minimum Gasteiger partial charge on any atom is -0.340 e. The highest BCUT2D eigenvalue weighted by Crippen LogP contribution is 2.24. The van der Waals surface area contributed by atoms with E-state index in [1.165, 1.54) is 0 Å². The van der Waals surface area contributed by atoms with Crippen LogP contribution >= 0.6 is 11.6 Å². The Kier molecular flexibility index (Phi) is 4.84. The third kappa shape index (κ3) is 3.75. The predicted octanol–water partition coefficient (Wildman–Crippen LogP) is 4.00. The first-order valence-corrected chi connectivity index (χ1v) is 9.30. The molecule has 0 fully saturated rings. The zero-order valence-electron chi connectivity index (χ0n) is 15.2. The van der Waals surface area contributed by atoms with E-state index in [9.17, 15) is 9.59 Å². The maximum absolute atomic E-state index is 12.6. The molecular weight excluding hydrogens is 374 g/mol. The van der Waals surface area contributed by atoms with Crippen molar-refractivity contribution >= 4 is 29.1 Å². The van der Waals surface area contributed by atoms with Gasteiger partial charge in [-0.25, -0.2) is 0 Å². The molecule has 1 aliphatic rings. The van der Waals surface area contributed by atoms with Crippen molar-refractivity contribution < 1.29 is 9.59 Å². The molecule has 4 rings (SSSR count). The summed E-state index contributed by atoms with van der Waals surface area (Å²) in [6.45, 7) is 1.95. The van der Waals surface area contributed by atoms with Crippen molar-refractivity contribution in [1.29, 1.82) is 0 Å². The summed E-state index contributed by atoms with van der Waals surface area (Å²) >= 11 is 5.98. The normalized spacial score (nSPS) is 16.0. The lowest BCUT2D eigenvalue weighted by Gasteiger charge is -2.15. The van der Waals surface area contributed by atoms with Crippen molar-refractivity contribution in [1.82, 2.24) is 10.3 Å². The quantitative estimate of drug-likeness (QED) is 0.708. The summed E-state index contributed by atoms with van der Waals surface area (Å²) in [5, 5.41) is 6.05. The number of nitrogens with one attached hydrogen (secondary N) is 2. The summed E-state index contributed by atoms with van der Waals surface area (Å²) in [5.74, 6) is -0.562. The molecule has 1 unspecified atom stereocenters. The van der Waals surface area contributed by atoms with Gasteiger partial charge in [-0.15, -0.1) is 0 Å². The molecule has 5 nitrogen and oxygen atoms in total. The number of aryl methyl sites for hydroxylation is 1. The Morgan fingerprint density at radius 1 is 1.00 bits per heavy atom. The van der Waals surface area contributed by atoms with Crippen molar-refractivity contribution in [2.45, 2.75) is 19.4 Å². The average Bonchev–Trinajstić information content (AvgIpc) is 2.79. The first-order chi connectivity index (χ1) is 13.5. The van der Waals surface area contributed by atoms with Gasteiger partial charge in [-0.3, -0.25) is 14.6 Å². The summed E-state index contributed by atoms with van der Waals surface area (Å²) in [4.78, 5) is 29.3. The number of amides is 2. The number of halogens is 1. The van der Waals surface area contributed by atoms with Gasteiger partial charge < -0.3 is 10.6 Å². The van der Waals surface area contributed by atoms with Crippen LogP contribution in [0.1, 0.15) is 21.6 Å². The Morgan fingerprint density at radius 3 is 2.54 bits per heavy atom. The van der Waals surface area contributed by atoms with Crippen LogP contribution in [0, 0.1) is 6.92 Å². The van der Waals surface area contributed by atoms with Gasteiger partial charge in [0.15, 0.2) is 0 Å². The number of rotatable bonds is 3. The first-order valence-electron chi connectivity index (χ1n) is 8.93. The van der Waals surface area contributed by atoms with Gasteiger partial charge in [0.25, 0.3) is 5.91 Å². The highest BCUT2D eigenvalue weighted by Gasteiger charge is 2.28. The highest BCUT2D eigenvalue weighted by atomic mass is 35.5. The van der Waals surface area contributed by atoms with Crippen LogP contribution in [0.3, 0.4) is 0 Å². The van der Waals surface area contributed by atoms with Crippen LogP contribution in [0.5, 0.6) is 0 Å². The second-order valence-corrected chi connectivity index (χ2v) is 7.23. The molecule has 28 heavy (non-hydrogen) atoms. The summed E-state index contributed by atoms with van der Waals surface area (Å²) in [6, 6.07) is 16.1. The van der Waals surface area contributed by atoms with Gasteiger partial charge >= 0.3 is 0 Å². The van der Waals surface area contributed by atoms with E-state index in [1.54, 1.807) is 24.4 Å². The molecule has 0 radical (unpaired) electrons. The molecule has 0 saturated heterocycles. The smallest absolute Gasteiger partial charge is 0.254 e. The minimum absolute atomic E-state index is 0.247. The van der Waals surface area contributed by atoms with E-state index < -0.39 is 6.04 Å². The standard InChI is InChI=1S/C22H18ClN3O2/c1-13-10-16(8-9-24-13)15-4-2-14(3-5-15)11-20-22(28)25-19-7-6-17(23)12-18(19)21(27)26-20/h2-10,12,20H,11H2,1H3,(H,25,28)(H,26,27). The van der Waals surface area contributed by atoms with Gasteiger partial charge in [-0.1, -0.05) is 35.9 Å². The number of carbonyl (C=O) groups is 2. The van der Waals surface area contributed by atoms with Gasteiger partial charge in [0.05, 0.1) is 11.3 Å². The molecule has 6 heteroatoms. The fraction of sp³-hybridized carbons (Fsp3) is 0.136. The predicted molar refractivity (Wildman–Crippen MR) is 109 cm³/mol. The number of pyridine rings is 1. The van der Waals surface area contributed by atoms with E-state index in [0.29, 0.717) is 22.7 Å². The third-order valence-corrected chi connectivity index (χ3v) is 4.96. The van der Waals surface area contributed by atoms with Crippen molar-refractivity contribution in [3.05, 3.63) is 82.6 Å². The van der Waals surface area contributed by atoms with Crippen molar-refractivity contribution in [3.63, 3.8) is 0 Å². The molecule has 0 bridgehead atoms. The van der Waals surface area contributed by atoms with Gasteiger partial charge in [-0.2, -0.15) is 0 Å². The number of benzene rings is 2. The summed E-state index contributed by atoms with van der Waals surface area (Å²) in [6.07, 6.45) is 2.18. The average molecular weight is 392 g/mol. The molecule has 0 aliphatic carbocycles. The Bertz CT molecular complexity index is 1060.